The predicted octanol–water partition coefficient (Wildman–Crippen LogP) is 3.90. The van der Waals surface area contributed by atoms with E-state index in [1.54, 1.807) is 36.4 Å². The minimum atomic E-state index is -2.72. The number of aliphatic carboxylic acids is 2. The standard InChI is InChI=1S/C32H34N2O8/c1-34-20-24(17-19-25(34)18-16-21-10-8-9-15-26(21)33)32(31(39)40,42-30(38)23-13-6-3-7-14-23)27(28(35)36)41-29(37)22-11-4-2-5-12-22/h2-15,24-25,27H,16-20,33H2,1H3,(H,35,36)(H,39,40)/t24?,25?,27-,32-/m0/s1. The molecule has 0 amide bonds. The van der Waals surface area contributed by atoms with Gasteiger partial charge in [-0.25, -0.2) is 19.2 Å². The van der Waals surface area contributed by atoms with Gasteiger partial charge in [-0.3, -0.25) is 0 Å². The number of ether oxygens (including phenoxy) is 2. The maximum atomic E-state index is 13.3. The first kappa shape index (κ1) is 30.3. The van der Waals surface area contributed by atoms with E-state index in [2.05, 4.69) is 0 Å². The van der Waals surface area contributed by atoms with Crippen LogP contribution in [-0.2, 0) is 25.5 Å². The molecule has 4 rings (SSSR count). The second-order valence-electron chi connectivity index (χ2n) is 10.4. The third-order valence-corrected chi connectivity index (χ3v) is 7.84. The Hall–Kier alpha value is -4.70. The van der Waals surface area contributed by atoms with E-state index in [0.717, 1.165) is 12.0 Å². The molecule has 1 aliphatic heterocycles. The van der Waals surface area contributed by atoms with Crippen molar-refractivity contribution in [2.24, 2.45) is 5.92 Å². The number of carboxylic acids is 2. The number of hydrogen-bond donors (Lipinski definition) is 3. The summed E-state index contributed by atoms with van der Waals surface area (Å²) in [5.74, 6) is -6.56. The summed E-state index contributed by atoms with van der Waals surface area (Å²) in [5, 5.41) is 20.9. The number of piperidine rings is 1. The molecule has 1 heterocycles. The number of carbonyl (C=O) groups is 4. The third kappa shape index (κ3) is 6.60. The number of para-hydroxylation sites is 1. The van der Waals surface area contributed by atoms with Crippen LogP contribution in [0.1, 0.15) is 45.5 Å². The van der Waals surface area contributed by atoms with Crippen molar-refractivity contribution >= 4 is 29.6 Å². The van der Waals surface area contributed by atoms with E-state index < -0.39 is 41.5 Å². The number of carboxylic acid groups (broad SMARTS) is 2. The highest BCUT2D eigenvalue weighted by Gasteiger charge is 2.62. The normalized spacial score (nSPS) is 19.2. The lowest BCUT2D eigenvalue weighted by molar-refractivity contribution is -0.197. The van der Waals surface area contributed by atoms with Crippen LogP contribution in [-0.4, -0.2) is 70.3 Å². The van der Waals surface area contributed by atoms with Gasteiger partial charge < -0.3 is 30.3 Å². The van der Waals surface area contributed by atoms with E-state index in [1.165, 1.54) is 24.3 Å². The Kier molecular flexibility index (Phi) is 9.59. The van der Waals surface area contributed by atoms with Crippen LogP contribution in [0.3, 0.4) is 0 Å². The Morgan fingerprint density at radius 3 is 2.00 bits per heavy atom. The number of carbonyl (C=O) groups excluding carboxylic acids is 2. The highest BCUT2D eigenvalue weighted by Crippen LogP contribution is 2.39. The molecule has 0 spiro atoms. The van der Waals surface area contributed by atoms with E-state index in [0.29, 0.717) is 18.5 Å². The number of likely N-dealkylation sites (tertiary alicyclic amines) is 1. The Labute approximate surface area is 243 Å². The number of aryl methyl sites for hydroxylation is 1. The lowest BCUT2D eigenvalue weighted by Crippen LogP contribution is -2.65. The van der Waals surface area contributed by atoms with E-state index in [1.807, 2.05) is 36.2 Å². The van der Waals surface area contributed by atoms with Crippen molar-refractivity contribution in [3.8, 4) is 0 Å². The first-order valence-electron chi connectivity index (χ1n) is 13.7. The maximum Gasteiger partial charge on any atom is 0.353 e. The number of rotatable bonds is 11. The summed E-state index contributed by atoms with van der Waals surface area (Å²) in [6.45, 7) is 0.0793. The fraction of sp³-hybridized carbons (Fsp3) is 0.312. The molecule has 0 radical (unpaired) electrons. The molecule has 10 heteroatoms. The van der Waals surface area contributed by atoms with Crippen LogP contribution in [0.15, 0.2) is 84.9 Å². The van der Waals surface area contributed by atoms with E-state index in [9.17, 15) is 29.4 Å². The first-order valence-corrected chi connectivity index (χ1v) is 13.7. The molecular weight excluding hydrogens is 540 g/mol. The van der Waals surface area contributed by atoms with Gasteiger partial charge in [-0.1, -0.05) is 54.6 Å². The van der Waals surface area contributed by atoms with Gasteiger partial charge in [0.15, 0.2) is 0 Å². The second kappa shape index (κ2) is 13.3. The average Bonchev–Trinajstić information content (AvgIpc) is 2.99. The second-order valence-corrected chi connectivity index (χ2v) is 10.4. The van der Waals surface area contributed by atoms with Crippen LogP contribution in [0, 0.1) is 5.92 Å². The maximum absolute atomic E-state index is 13.3. The summed E-state index contributed by atoms with van der Waals surface area (Å²) in [4.78, 5) is 54.0. The zero-order valence-electron chi connectivity index (χ0n) is 23.2. The van der Waals surface area contributed by atoms with Gasteiger partial charge in [0.1, 0.15) is 0 Å². The lowest BCUT2D eigenvalue weighted by Gasteiger charge is -2.45. The van der Waals surface area contributed by atoms with Crippen molar-refractivity contribution in [3.05, 3.63) is 102 Å². The van der Waals surface area contributed by atoms with Crippen LogP contribution in [0.2, 0.25) is 0 Å². The number of anilines is 1. The van der Waals surface area contributed by atoms with Crippen LogP contribution >= 0.6 is 0 Å². The van der Waals surface area contributed by atoms with Crippen LogP contribution in [0.5, 0.6) is 0 Å². The largest absolute Gasteiger partial charge is 0.478 e. The molecule has 3 aromatic carbocycles. The third-order valence-electron chi connectivity index (χ3n) is 7.84. The zero-order valence-corrected chi connectivity index (χ0v) is 23.2. The Bertz CT molecular complexity index is 1410. The molecule has 1 aliphatic rings. The lowest BCUT2D eigenvalue weighted by atomic mass is 9.75. The molecule has 220 valence electrons. The summed E-state index contributed by atoms with van der Waals surface area (Å²) in [6, 6.07) is 22.9. The molecule has 0 saturated carbocycles. The minimum absolute atomic E-state index is 0.0263. The summed E-state index contributed by atoms with van der Waals surface area (Å²) in [7, 11) is 1.81. The van der Waals surface area contributed by atoms with Crippen LogP contribution in [0.4, 0.5) is 5.69 Å². The smallest absolute Gasteiger partial charge is 0.353 e. The molecule has 3 aromatic rings. The van der Waals surface area contributed by atoms with E-state index in [-0.39, 0.29) is 30.1 Å². The number of hydrogen-bond acceptors (Lipinski definition) is 8. The van der Waals surface area contributed by atoms with Crippen molar-refractivity contribution in [1.29, 1.82) is 0 Å². The van der Waals surface area contributed by atoms with Gasteiger partial charge in [-0.2, -0.15) is 0 Å². The summed E-state index contributed by atoms with van der Waals surface area (Å²) in [5.41, 5.74) is 5.13. The van der Waals surface area contributed by atoms with Crippen molar-refractivity contribution < 1.29 is 38.9 Å². The molecule has 0 aromatic heterocycles. The first-order chi connectivity index (χ1) is 20.1. The Balaban J connectivity index is 1.66. The minimum Gasteiger partial charge on any atom is -0.478 e. The molecule has 0 aliphatic carbocycles. The number of nitrogens with two attached hydrogens (primary N) is 1. The van der Waals surface area contributed by atoms with Gasteiger partial charge >= 0.3 is 23.9 Å². The van der Waals surface area contributed by atoms with E-state index >= 15 is 0 Å². The van der Waals surface area contributed by atoms with Gasteiger partial charge in [0, 0.05) is 24.2 Å². The predicted molar refractivity (Wildman–Crippen MR) is 154 cm³/mol. The summed E-state index contributed by atoms with van der Waals surface area (Å²) >= 11 is 0. The highest BCUT2D eigenvalue weighted by atomic mass is 16.6. The average molecular weight is 575 g/mol. The molecule has 10 nitrogen and oxygen atoms in total. The molecule has 1 saturated heterocycles. The number of benzene rings is 3. The monoisotopic (exact) mass is 574 g/mol. The molecule has 4 atom stereocenters. The number of nitrogens with zero attached hydrogens (tertiary/aromatic N) is 1. The number of esters is 2. The Morgan fingerprint density at radius 1 is 0.881 bits per heavy atom. The molecule has 0 bridgehead atoms. The van der Waals surface area contributed by atoms with E-state index in [4.69, 9.17) is 15.2 Å². The van der Waals surface area contributed by atoms with Crippen molar-refractivity contribution in [3.63, 3.8) is 0 Å². The quantitative estimate of drug-likeness (QED) is 0.227. The van der Waals surface area contributed by atoms with Gasteiger partial charge in [-0.15, -0.1) is 0 Å². The molecule has 2 unspecified atom stereocenters. The van der Waals surface area contributed by atoms with Crippen molar-refractivity contribution in [1.82, 2.24) is 4.90 Å². The fourth-order valence-electron chi connectivity index (χ4n) is 5.54. The van der Waals surface area contributed by atoms with Crippen LogP contribution in [0.25, 0.3) is 0 Å². The summed E-state index contributed by atoms with van der Waals surface area (Å²) < 4.78 is 11.0. The molecule has 42 heavy (non-hydrogen) atoms. The van der Waals surface area contributed by atoms with Crippen molar-refractivity contribution in [2.45, 2.75) is 43.4 Å². The molecular formula is C32H34N2O8. The van der Waals surface area contributed by atoms with Gasteiger partial charge in [-0.05, 0) is 68.6 Å². The summed E-state index contributed by atoms with van der Waals surface area (Å²) in [6.07, 6.45) is -0.196. The van der Waals surface area contributed by atoms with Crippen LogP contribution < -0.4 is 5.73 Å². The number of nitrogen functional groups attached to an aromatic ring is 1. The highest BCUT2D eigenvalue weighted by molar-refractivity contribution is 5.97. The Morgan fingerprint density at radius 2 is 1.45 bits per heavy atom. The SMILES string of the molecule is CN1CC([C@@](OC(=O)c2ccccc2)(C(=O)O)[C@@H](OC(=O)c2ccccc2)C(=O)O)CCC1CCc1ccccc1N. The molecule has 1 fully saturated rings. The molecule has 4 N–H and O–H groups in total. The fourth-order valence-corrected chi connectivity index (χ4v) is 5.54. The zero-order chi connectivity index (χ0) is 30.3. The topological polar surface area (TPSA) is 156 Å². The van der Waals surface area contributed by atoms with Crippen molar-refractivity contribution in [2.75, 3.05) is 19.3 Å². The van der Waals surface area contributed by atoms with Gasteiger partial charge in [0.25, 0.3) is 5.60 Å². The van der Waals surface area contributed by atoms with Gasteiger partial charge in [0.2, 0.25) is 6.10 Å². The van der Waals surface area contributed by atoms with Gasteiger partial charge in [0.05, 0.1) is 11.1 Å².